The van der Waals surface area contributed by atoms with Gasteiger partial charge in [0.25, 0.3) is 5.91 Å². The van der Waals surface area contributed by atoms with Crippen molar-refractivity contribution >= 4 is 11.7 Å². The standard InChI is InChI=1S/C17H21N3O.C3H8/c1-12(2)11-20-17(21)15-6-4-5-13(9-15)14-7-8-19-16(10-14)18-3;1-3-2/h4-10,12H,11H2,1-3H3,(H,18,19)(H,20,21);3H2,1-2H3. The van der Waals surface area contributed by atoms with E-state index in [1.807, 2.05) is 43.4 Å². The number of nitrogens with one attached hydrogen (secondary N) is 2. The molecule has 1 amide bonds. The van der Waals surface area contributed by atoms with Gasteiger partial charge in [0, 0.05) is 25.4 Å². The molecule has 0 unspecified atom stereocenters. The van der Waals surface area contributed by atoms with Crippen LogP contribution in [0.25, 0.3) is 11.1 Å². The summed E-state index contributed by atoms with van der Waals surface area (Å²) in [7, 11) is 1.84. The highest BCUT2D eigenvalue weighted by Crippen LogP contribution is 2.22. The second kappa shape index (κ2) is 10.4. The second-order valence-electron chi connectivity index (χ2n) is 6.07. The minimum atomic E-state index is -0.0338. The molecule has 0 aliphatic heterocycles. The van der Waals surface area contributed by atoms with Crippen LogP contribution in [0.1, 0.15) is 44.5 Å². The lowest BCUT2D eigenvalue weighted by Crippen LogP contribution is -2.27. The van der Waals surface area contributed by atoms with E-state index in [1.54, 1.807) is 6.20 Å². The van der Waals surface area contributed by atoms with E-state index in [2.05, 4.69) is 43.3 Å². The first-order chi connectivity index (χ1) is 11.5. The predicted molar refractivity (Wildman–Crippen MR) is 102 cm³/mol. The Balaban J connectivity index is 0.000000891. The fourth-order valence-corrected chi connectivity index (χ4v) is 1.99. The molecule has 130 valence electrons. The molecule has 0 bridgehead atoms. The second-order valence-corrected chi connectivity index (χ2v) is 6.07. The number of amides is 1. The van der Waals surface area contributed by atoms with Crippen molar-refractivity contribution in [2.24, 2.45) is 5.92 Å². The minimum absolute atomic E-state index is 0.0338. The molecule has 24 heavy (non-hydrogen) atoms. The molecule has 0 atom stereocenters. The van der Waals surface area contributed by atoms with Crippen LogP contribution in [0.4, 0.5) is 5.82 Å². The zero-order valence-electron chi connectivity index (χ0n) is 15.4. The van der Waals surface area contributed by atoms with Crippen molar-refractivity contribution in [3.05, 3.63) is 48.2 Å². The van der Waals surface area contributed by atoms with Gasteiger partial charge in [-0.25, -0.2) is 4.98 Å². The number of carbonyl (C=O) groups is 1. The molecule has 0 radical (unpaired) electrons. The molecule has 0 spiro atoms. The van der Waals surface area contributed by atoms with Crippen LogP contribution in [0.3, 0.4) is 0 Å². The fourth-order valence-electron chi connectivity index (χ4n) is 1.99. The molecule has 0 aliphatic rings. The van der Waals surface area contributed by atoms with E-state index in [0.717, 1.165) is 16.9 Å². The first-order valence-electron chi connectivity index (χ1n) is 8.54. The number of benzene rings is 1. The van der Waals surface area contributed by atoms with Crippen molar-refractivity contribution in [3.63, 3.8) is 0 Å². The summed E-state index contributed by atoms with van der Waals surface area (Å²) >= 11 is 0. The molecule has 1 heterocycles. The number of pyridine rings is 1. The third-order valence-corrected chi connectivity index (χ3v) is 3.15. The Morgan fingerprint density at radius 1 is 1.12 bits per heavy atom. The van der Waals surface area contributed by atoms with Gasteiger partial charge in [0.1, 0.15) is 5.82 Å². The molecule has 2 aromatic rings. The molecule has 0 saturated carbocycles. The largest absolute Gasteiger partial charge is 0.373 e. The summed E-state index contributed by atoms with van der Waals surface area (Å²) in [5.41, 5.74) is 2.72. The van der Waals surface area contributed by atoms with Gasteiger partial charge in [-0.15, -0.1) is 0 Å². The first-order valence-corrected chi connectivity index (χ1v) is 8.54. The quantitative estimate of drug-likeness (QED) is 0.844. The molecule has 2 N–H and O–H groups in total. The maximum absolute atomic E-state index is 12.1. The number of anilines is 1. The number of rotatable bonds is 5. The van der Waals surface area contributed by atoms with Crippen molar-refractivity contribution in [3.8, 4) is 11.1 Å². The van der Waals surface area contributed by atoms with Gasteiger partial charge in [0.05, 0.1) is 0 Å². The van der Waals surface area contributed by atoms with E-state index >= 15 is 0 Å². The first kappa shape index (κ1) is 19.7. The van der Waals surface area contributed by atoms with E-state index in [4.69, 9.17) is 0 Å². The Bertz CT molecular complexity index is 638. The van der Waals surface area contributed by atoms with E-state index in [-0.39, 0.29) is 5.91 Å². The van der Waals surface area contributed by atoms with Gasteiger partial charge in [-0.3, -0.25) is 4.79 Å². The third kappa shape index (κ3) is 6.41. The maximum atomic E-state index is 12.1. The predicted octanol–water partition coefficient (Wildman–Crippen LogP) is 4.59. The smallest absolute Gasteiger partial charge is 0.251 e. The summed E-state index contributed by atoms with van der Waals surface area (Å²) in [5, 5.41) is 5.95. The van der Waals surface area contributed by atoms with Gasteiger partial charge < -0.3 is 10.6 Å². The van der Waals surface area contributed by atoms with E-state index in [1.165, 1.54) is 6.42 Å². The van der Waals surface area contributed by atoms with Crippen molar-refractivity contribution in [2.45, 2.75) is 34.1 Å². The van der Waals surface area contributed by atoms with Gasteiger partial charge in [-0.05, 0) is 41.3 Å². The van der Waals surface area contributed by atoms with Crippen molar-refractivity contribution in [1.29, 1.82) is 0 Å². The number of hydrogen-bond acceptors (Lipinski definition) is 3. The van der Waals surface area contributed by atoms with Crippen LogP contribution in [0.2, 0.25) is 0 Å². The fraction of sp³-hybridized carbons (Fsp3) is 0.400. The number of carbonyl (C=O) groups excluding carboxylic acids is 1. The van der Waals surface area contributed by atoms with E-state index < -0.39 is 0 Å². The lowest BCUT2D eigenvalue weighted by molar-refractivity contribution is 0.0949. The SMILES string of the molecule is CCC.CNc1cc(-c2cccc(C(=O)NCC(C)C)c2)ccn1. The summed E-state index contributed by atoms with van der Waals surface area (Å²) in [6, 6.07) is 11.5. The van der Waals surface area contributed by atoms with Gasteiger partial charge in [-0.1, -0.05) is 46.2 Å². The lowest BCUT2D eigenvalue weighted by Gasteiger charge is -2.09. The number of nitrogens with zero attached hydrogens (tertiary/aromatic N) is 1. The summed E-state index contributed by atoms with van der Waals surface area (Å²) in [5.74, 6) is 1.21. The van der Waals surface area contributed by atoms with Gasteiger partial charge in [0.2, 0.25) is 0 Å². The van der Waals surface area contributed by atoms with Crippen LogP contribution >= 0.6 is 0 Å². The lowest BCUT2D eigenvalue weighted by atomic mass is 10.0. The van der Waals surface area contributed by atoms with Crippen LogP contribution in [-0.2, 0) is 0 Å². The zero-order chi connectivity index (χ0) is 17.9. The molecule has 0 fully saturated rings. The molecular formula is C20H29N3O. The van der Waals surface area contributed by atoms with Crippen LogP contribution in [0, 0.1) is 5.92 Å². The Hall–Kier alpha value is -2.36. The van der Waals surface area contributed by atoms with Crippen molar-refractivity contribution in [2.75, 3.05) is 18.9 Å². The third-order valence-electron chi connectivity index (χ3n) is 3.15. The Kier molecular flexibility index (Phi) is 8.55. The van der Waals surface area contributed by atoms with Crippen LogP contribution < -0.4 is 10.6 Å². The zero-order valence-corrected chi connectivity index (χ0v) is 15.4. The highest BCUT2D eigenvalue weighted by Gasteiger charge is 2.08. The van der Waals surface area contributed by atoms with E-state index in [0.29, 0.717) is 18.0 Å². The average molecular weight is 327 g/mol. The normalized spacial score (nSPS) is 9.92. The Labute approximate surface area is 145 Å². The van der Waals surface area contributed by atoms with Crippen LogP contribution in [0.15, 0.2) is 42.6 Å². The van der Waals surface area contributed by atoms with E-state index in [9.17, 15) is 4.79 Å². The maximum Gasteiger partial charge on any atom is 0.251 e. The topological polar surface area (TPSA) is 54.0 Å². The molecule has 1 aromatic heterocycles. The van der Waals surface area contributed by atoms with Crippen LogP contribution in [-0.4, -0.2) is 24.5 Å². The molecule has 2 rings (SSSR count). The average Bonchev–Trinajstić information content (AvgIpc) is 2.60. The Morgan fingerprint density at radius 3 is 2.42 bits per heavy atom. The molecule has 0 aliphatic carbocycles. The van der Waals surface area contributed by atoms with Crippen molar-refractivity contribution < 1.29 is 4.79 Å². The summed E-state index contributed by atoms with van der Waals surface area (Å²) in [4.78, 5) is 16.3. The summed E-state index contributed by atoms with van der Waals surface area (Å²) in [6.07, 6.45) is 3.01. The molecular weight excluding hydrogens is 298 g/mol. The highest BCUT2D eigenvalue weighted by atomic mass is 16.1. The highest BCUT2D eigenvalue weighted by molar-refractivity contribution is 5.95. The molecule has 1 aromatic carbocycles. The van der Waals surface area contributed by atoms with Gasteiger partial charge in [-0.2, -0.15) is 0 Å². The van der Waals surface area contributed by atoms with Gasteiger partial charge in [0.15, 0.2) is 0 Å². The number of hydrogen-bond donors (Lipinski definition) is 2. The summed E-state index contributed by atoms with van der Waals surface area (Å²) < 4.78 is 0. The summed E-state index contributed by atoms with van der Waals surface area (Å²) in [6.45, 7) is 9.09. The monoisotopic (exact) mass is 327 g/mol. The molecule has 0 saturated heterocycles. The van der Waals surface area contributed by atoms with Crippen LogP contribution in [0.5, 0.6) is 0 Å². The number of aromatic nitrogens is 1. The van der Waals surface area contributed by atoms with Gasteiger partial charge >= 0.3 is 0 Å². The Morgan fingerprint density at radius 2 is 1.79 bits per heavy atom. The van der Waals surface area contributed by atoms with Crippen molar-refractivity contribution in [1.82, 2.24) is 10.3 Å². The molecule has 4 heteroatoms. The molecule has 4 nitrogen and oxygen atoms in total. The minimum Gasteiger partial charge on any atom is -0.373 e.